The summed E-state index contributed by atoms with van der Waals surface area (Å²) in [6.07, 6.45) is 0.0167. The van der Waals surface area contributed by atoms with Crippen molar-refractivity contribution < 1.29 is 13.2 Å². The predicted molar refractivity (Wildman–Crippen MR) is 76.5 cm³/mol. The molecule has 20 heavy (non-hydrogen) atoms. The Hall–Kier alpha value is -1.94. The highest BCUT2D eigenvalue weighted by Gasteiger charge is 2.38. The molecule has 1 atom stereocenters. The molecule has 0 unspecified atom stereocenters. The Labute approximate surface area is 118 Å². The molecule has 0 saturated heterocycles. The van der Waals surface area contributed by atoms with Crippen LogP contribution in [0.4, 0.5) is 0 Å². The molecule has 102 valence electrons. The number of aryl methyl sites for hydroxylation is 1. The molecule has 1 aliphatic rings. The summed E-state index contributed by atoms with van der Waals surface area (Å²) in [5, 5.41) is -0.772. The first kappa shape index (κ1) is 13.1. The number of hydrogen-bond acceptors (Lipinski definition) is 3. The summed E-state index contributed by atoms with van der Waals surface area (Å²) in [5.41, 5.74) is 1.90. The number of hydrogen-bond donors (Lipinski definition) is 0. The van der Waals surface area contributed by atoms with E-state index in [1.807, 2.05) is 13.0 Å². The van der Waals surface area contributed by atoms with Gasteiger partial charge >= 0.3 is 0 Å². The van der Waals surface area contributed by atoms with Gasteiger partial charge in [-0.05, 0) is 24.6 Å². The van der Waals surface area contributed by atoms with Crippen molar-refractivity contribution in [1.82, 2.24) is 0 Å². The number of sulfone groups is 1. The minimum absolute atomic E-state index is 0.0167. The molecule has 0 aromatic heterocycles. The van der Waals surface area contributed by atoms with Crippen LogP contribution in [0.2, 0.25) is 0 Å². The Morgan fingerprint density at radius 1 is 1.05 bits per heavy atom. The molecular formula is C16H14O3S. The van der Waals surface area contributed by atoms with Crippen LogP contribution in [0, 0.1) is 6.92 Å². The Balaban J connectivity index is 2.20. The molecule has 2 aromatic rings. The fraction of sp³-hybridized carbons (Fsp3) is 0.188. The number of rotatable bonds is 1. The second-order valence-corrected chi connectivity index (χ2v) is 7.17. The molecule has 0 radical (unpaired) electrons. The lowest BCUT2D eigenvalue weighted by Crippen LogP contribution is -2.25. The molecule has 0 bridgehead atoms. The summed E-state index contributed by atoms with van der Waals surface area (Å²) < 4.78 is 25.4. The van der Waals surface area contributed by atoms with Crippen molar-refractivity contribution in [3.8, 4) is 0 Å². The zero-order valence-corrected chi connectivity index (χ0v) is 11.9. The van der Waals surface area contributed by atoms with Crippen molar-refractivity contribution in [3.05, 3.63) is 65.2 Å². The molecule has 1 heterocycles. The van der Waals surface area contributed by atoms with Gasteiger partial charge in [-0.1, -0.05) is 42.0 Å². The van der Waals surface area contributed by atoms with Gasteiger partial charge < -0.3 is 0 Å². The van der Waals surface area contributed by atoms with Gasteiger partial charge in [0.25, 0.3) is 0 Å². The van der Waals surface area contributed by atoms with E-state index in [1.165, 1.54) is 0 Å². The average molecular weight is 286 g/mol. The average Bonchev–Trinajstić information content (AvgIpc) is 2.43. The first-order valence-electron chi connectivity index (χ1n) is 6.43. The first-order valence-corrected chi connectivity index (χ1v) is 7.97. The van der Waals surface area contributed by atoms with Gasteiger partial charge in [0, 0.05) is 12.0 Å². The molecular weight excluding hydrogens is 272 g/mol. The predicted octanol–water partition coefficient (Wildman–Crippen LogP) is 3.10. The maximum Gasteiger partial charge on any atom is 0.186 e. The topological polar surface area (TPSA) is 51.2 Å². The van der Waals surface area contributed by atoms with Crippen LogP contribution in [-0.2, 0) is 9.84 Å². The molecule has 0 saturated carbocycles. The normalized spacial score (nSPS) is 20.4. The monoisotopic (exact) mass is 286 g/mol. The van der Waals surface area contributed by atoms with E-state index in [-0.39, 0.29) is 17.1 Å². The zero-order chi connectivity index (χ0) is 14.3. The van der Waals surface area contributed by atoms with Gasteiger partial charge in [-0.3, -0.25) is 4.79 Å². The van der Waals surface area contributed by atoms with Crippen LogP contribution in [-0.4, -0.2) is 14.2 Å². The molecule has 0 N–H and O–H groups in total. The Morgan fingerprint density at radius 3 is 2.45 bits per heavy atom. The number of benzene rings is 2. The van der Waals surface area contributed by atoms with Gasteiger partial charge in [0.2, 0.25) is 0 Å². The van der Waals surface area contributed by atoms with Crippen molar-refractivity contribution in [2.75, 3.05) is 0 Å². The number of fused-ring (bicyclic) bond motifs is 1. The van der Waals surface area contributed by atoms with E-state index in [0.717, 1.165) is 5.56 Å². The van der Waals surface area contributed by atoms with E-state index in [2.05, 4.69) is 0 Å². The molecule has 0 spiro atoms. The van der Waals surface area contributed by atoms with Crippen molar-refractivity contribution in [2.45, 2.75) is 23.5 Å². The molecule has 0 fully saturated rings. The molecule has 3 rings (SSSR count). The molecule has 4 heteroatoms. The van der Waals surface area contributed by atoms with Crippen LogP contribution >= 0.6 is 0 Å². The molecule has 1 aliphatic heterocycles. The highest BCUT2D eigenvalue weighted by atomic mass is 32.2. The maximum absolute atomic E-state index is 12.7. The largest absolute Gasteiger partial charge is 0.294 e. The van der Waals surface area contributed by atoms with E-state index < -0.39 is 15.1 Å². The van der Waals surface area contributed by atoms with Gasteiger partial charge in [-0.15, -0.1) is 0 Å². The quantitative estimate of drug-likeness (QED) is 0.809. The SMILES string of the molecule is Cc1ccc2c(c1)C(=O)C[C@H](c1ccccc1)S2(=O)=O. The van der Waals surface area contributed by atoms with Gasteiger partial charge in [0.15, 0.2) is 15.6 Å². The van der Waals surface area contributed by atoms with Crippen LogP contribution in [0.15, 0.2) is 53.4 Å². The third-order valence-electron chi connectivity index (χ3n) is 3.66. The minimum atomic E-state index is -3.51. The lowest BCUT2D eigenvalue weighted by molar-refractivity contribution is 0.0974. The molecule has 2 aromatic carbocycles. The summed E-state index contributed by atoms with van der Waals surface area (Å²) in [7, 11) is -3.51. The third-order valence-corrected chi connectivity index (χ3v) is 5.82. The van der Waals surface area contributed by atoms with Crippen LogP contribution in [0.1, 0.15) is 33.2 Å². The number of ketones is 1. The number of Topliss-reactive ketones (excluding diaryl/α,β-unsaturated/α-hetero) is 1. The Bertz CT molecular complexity index is 777. The fourth-order valence-corrected chi connectivity index (χ4v) is 4.55. The first-order chi connectivity index (χ1) is 9.50. The van der Waals surface area contributed by atoms with Crippen LogP contribution in [0.25, 0.3) is 0 Å². The second-order valence-electron chi connectivity index (χ2n) is 5.07. The van der Waals surface area contributed by atoms with Crippen LogP contribution < -0.4 is 0 Å². The van der Waals surface area contributed by atoms with Gasteiger partial charge in [-0.2, -0.15) is 0 Å². The van der Waals surface area contributed by atoms with E-state index >= 15 is 0 Å². The highest BCUT2D eigenvalue weighted by Crippen LogP contribution is 2.39. The summed E-state index contributed by atoms with van der Waals surface area (Å²) in [5.74, 6) is -0.104. The van der Waals surface area contributed by atoms with E-state index in [9.17, 15) is 13.2 Å². The van der Waals surface area contributed by atoms with Gasteiger partial charge in [0.1, 0.15) is 0 Å². The van der Waals surface area contributed by atoms with Crippen molar-refractivity contribution in [1.29, 1.82) is 0 Å². The number of carbonyl (C=O) groups excluding carboxylic acids is 1. The van der Waals surface area contributed by atoms with Gasteiger partial charge in [-0.25, -0.2) is 8.42 Å². The second kappa shape index (κ2) is 4.56. The van der Waals surface area contributed by atoms with Crippen LogP contribution in [0.3, 0.4) is 0 Å². The third kappa shape index (κ3) is 1.96. The van der Waals surface area contributed by atoms with E-state index in [0.29, 0.717) is 11.1 Å². The molecule has 0 amide bonds. The van der Waals surface area contributed by atoms with Crippen molar-refractivity contribution in [3.63, 3.8) is 0 Å². The maximum atomic E-state index is 12.7. The standard InChI is InChI=1S/C16H14O3S/c1-11-7-8-15-13(9-11)14(17)10-16(20(15,18)19)12-5-3-2-4-6-12/h2-9,16H,10H2,1H3/t16-/m1/s1. The van der Waals surface area contributed by atoms with Crippen molar-refractivity contribution in [2.24, 2.45) is 0 Å². The minimum Gasteiger partial charge on any atom is -0.294 e. The Morgan fingerprint density at radius 2 is 1.75 bits per heavy atom. The molecule has 3 nitrogen and oxygen atoms in total. The fourth-order valence-electron chi connectivity index (χ4n) is 2.62. The highest BCUT2D eigenvalue weighted by molar-refractivity contribution is 7.92. The number of carbonyl (C=O) groups is 1. The zero-order valence-electron chi connectivity index (χ0n) is 11.0. The van der Waals surface area contributed by atoms with Crippen molar-refractivity contribution >= 4 is 15.6 Å². The summed E-state index contributed by atoms with van der Waals surface area (Å²) in [6.45, 7) is 1.85. The summed E-state index contributed by atoms with van der Waals surface area (Å²) >= 11 is 0. The molecule has 0 aliphatic carbocycles. The smallest absolute Gasteiger partial charge is 0.186 e. The summed E-state index contributed by atoms with van der Waals surface area (Å²) in [4.78, 5) is 12.4. The van der Waals surface area contributed by atoms with E-state index in [1.54, 1.807) is 42.5 Å². The van der Waals surface area contributed by atoms with Crippen LogP contribution in [0.5, 0.6) is 0 Å². The van der Waals surface area contributed by atoms with E-state index in [4.69, 9.17) is 0 Å². The lowest BCUT2D eigenvalue weighted by atomic mass is 10.00. The Kier molecular flexibility index (Phi) is 2.98. The summed E-state index contributed by atoms with van der Waals surface area (Å²) in [6, 6.07) is 13.9. The lowest BCUT2D eigenvalue weighted by Gasteiger charge is -2.24. The van der Waals surface area contributed by atoms with Gasteiger partial charge in [0.05, 0.1) is 10.1 Å².